The van der Waals surface area contributed by atoms with E-state index in [1.165, 1.54) is 77.0 Å². The molecule has 0 amide bonds. The van der Waals surface area contributed by atoms with Gasteiger partial charge in [0.05, 0.1) is 27.7 Å². The van der Waals surface area contributed by atoms with Crippen LogP contribution >= 0.6 is 7.82 Å². The summed E-state index contributed by atoms with van der Waals surface area (Å²) < 4.78 is 34.1. The molecule has 10 heteroatoms. The third kappa shape index (κ3) is 56.0. The van der Waals surface area contributed by atoms with Crippen molar-refractivity contribution >= 4 is 19.8 Å². The van der Waals surface area contributed by atoms with E-state index in [1.54, 1.807) is 0 Å². The molecule has 0 radical (unpaired) electrons. The molecule has 0 aromatic carbocycles. The maximum atomic E-state index is 12.8. The maximum Gasteiger partial charge on any atom is 0.306 e. The summed E-state index contributed by atoms with van der Waals surface area (Å²) in [5, 5.41) is 0. The van der Waals surface area contributed by atoms with E-state index in [1.807, 2.05) is 21.1 Å². The van der Waals surface area contributed by atoms with Crippen molar-refractivity contribution in [3.63, 3.8) is 0 Å². The lowest BCUT2D eigenvalue weighted by Crippen LogP contribution is -2.37. The molecule has 0 bridgehead atoms. The van der Waals surface area contributed by atoms with Crippen LogP contribution < -0.4 is 4.89 Å². The van der Waals surface area contributed by atoms with Crippen molar-refractivity contribution in [1.82, 2.24) is 0 Å². The zero-order chi connectivity index (χ0) is 52.7. The second-order valence-electron chi connectivity index (χ2n) is 19.9. The van der Waals surface area contributed by atoms with Crippen molar-refractivity contribution in [3.05, 3.63) is 109 Å². The smallest absolute Gasteiger partial charge is 0.306 e. The lowest BCUT2D eigenvalue weighted by Gasteiger charge is -2.28. The van der Waals surface area contributed by atoms with Gasteiger partial charge in [0.25, 0.3) is 7.82 Å². The first kappa shape index (κ1) is 68.7. The molecule has 0 aliphatic heterocycles. The van der Waals surface area contributed by atoms with Crippen molar-refractivity contribution in [2.45, 2.75) is 225 Å². The average Bonchev–Trinajstić information content (AvgIpc) is 3.34. The highest BCUT2D eigenvalue weighted by Gasteiger charge is 2.21. The molecule has 72 heavy (non-hydrogen) atoms. The SMILES string of the molecule is CC/C=C\C/C=C\C/C=C\C/C=C\C/C=C\CCCCCCCC(=O)OC(COC(=O)CCCCCCCCCCCCCCCC/C=C\C/C=C\C/C=C\C/C=C\CC)COP(=O)([O-])OCC[N+](C)(C)C. The predicted octanol–water partition coefficient (Wildman–Crippen LogP) is 17.2. The molecule has 0 N–H and O–H groups in total. The summed E-state index contributed by atoms with van der Waals surface area (Å²) in [6.45, 7) is 3.98. The Bertz CT molecular complexity index is 1580. The van der Waals surface area contributed by atoms with E-state index in [0.717, 1.165) is 109 Å². The number of carbonyl (C=O) groups excluding carboxylic acids is 2. The van der Waals surface area contributed by atoms with Crippen molar-refractivity contribution in [3.8, 4) is 0 Å². The molecule has 9 nitrogen and oxygen atoms in total. The minimum absolute atomic E-state index is 0.0403. The van der Waals surface area contributed by atoms with Crippen LogP contribution in [0.1, 0.15) is 219 Å². The Morgan fingerprint density at radius 3 is 1.11 bits per heavy atom. The van der Waals surface area contributed by atoms with Gasteiger partial charge in [-0.25, -0.2) is 0 Å². The normalized spacial score (nSPS) is 14.1. The topological polar surface area (TPSA) is 111 Å². The number of esters is 2. The highest BCUT2D eigenvalue weighted by molar-refractivity contribution is 7.45. The number of ether oxygens (including phenoxy) is 2. The van der Waals surface area contributed by atoms with Crippen LogP contribution in [-0.4, -0.2) is 70.0 Å². The minimum atomic E-state index is -4.65. The van der Waals surface area contributed by atoms with E-state index >= 15 is 0 Å². The number of unbranched alkanes of at least 4 members (excludes halogenated alkanes) is 19. The van der Waals surface area contributed by atoms with E-state index in [0.29, 0.717) is 17.4 Å². The molecule has 0 aromatic rings. The van der Waals surface area contributed by atoms with Gasteiger partial charge in [0.2, 0.25) is 0 Å². The Kier molecular flexibility index (Phi) is 50.1. The summed E-state index contributed by atoms with van der Waals surface area (Å²) in [6.07, 6.45) is 72.7. The monoisotopic (exact) mass is 1020 g/mol. The standard InChI is InChI=1S/C62H106NO8P/c1-6-8-10-12-14-16-18-20-22-24-26-28-29-30-31-32-33-35-36-38-40-42-44-46-48-50-52-54-61(64)68-58-60(59-70-72(66,67)69-57-56-63(3,4)5)71-62(65)55-53-51-49-47-45-43-41-39-37-34-27-25-23-21-19-17-15-13-11-9-7-2/h8-11,14-17,20-23,26-28,34,39,41,60H,6-7,12-13,18-19,24-25,29-33,35-38,40,42-59H2,1-5H3/b10-8-,11-9-,16-14-,17-15-,22-20-,23-21-,28-26-,34-27-,41-39-. The molecule has 0 spiro atoms. The van der Waals surface area contributed by atoms with Crippen molar-refractivity contribution < 1.29 is 42.1 Å². The summed E-state index contributed by atoms with van der Waals surface area (Å²) in [5.41, 5.74) is 0. The quantitative estimate of drug-likeness (QED) is 0.0195. The third-order valence-electron chi connectivity index (χ3n) is 11.8. The van der Waals surface area contributed by atoms with Crippen LogP contribution in [0.15, 0.2) is 109 Å². The molecule has 0 saturated heterocycles. The Balaban J connectivity index is 4.20. The lowest BCUT2D eigenvalue weighted by atomic mass is 10.0. The number of phosphoric acid groups is 1. The fourth-order valence-electron chi connectivity index (χ4n) is 7.44. The van der Waals surface area contributed by atoms with E-state index in [9.17, 15) is 19.0 Å². The molecule has 0 saturated carbocycles. The molecule has 0 aromatic heterocycles. The molecule has 0 fully saturated rings. The molecule has 412 valence electrons. The highest BCUT2D eigenvalue weighted by atomic mass is 31.2. The Morgan fingerprint density at radius 2 is 0.750 bits per heavy atom. The van der Waals surface area contributed by atoms with Gasteiger partial charge in [0.1, 0.15) is 19.8 Å². The van der Waals surface area contributed by atoms with Gasteiger partial charge in [0.15, 0.2) is 6.10 Å². The fourth-order valence-corrected chi connectivity index (χ4v) is 8.17. The number of phosphoric ester groups is 1. The number of quaternary nitrogens is 1. The Labute approximate surface area is 442 Å². The first-order valence-electron chi connectivity index (χ1n) is 28.6. The molecular weight excluding hydrogens is 918 g/mol. The summed E-state index contributed by atoms with van der Waals surface area (Å²) in [5.74, 6) is -0.860. The van der Waals surface area contributed by atoms with Gasteiger partial charge in [-0.1, -0.05) is 220 Å². The van der Waals surface area contributed by atoms with E-state index < -0.39 is 32.5 Å². The van der Waals surface area contributed by atoms with Gasteiger partial charge < -0.3 is 27.9 Å². The molecule has 0 heterocycles. The Morgan fingerprint density at radius 1 is 0.431 bits per heavy atom. The zero-order valence-corrected chi connectivity index (χ0v) is 47.5. The van der Waals surface area contributed by atoms with Crippen molar-refractivity contribution in [2.75, 3.05) is 47.5 Å². The summed E-state index contributed by atoms with van der Waals surface area (Å²) in [7, 11) is 1.14. The highest BCUT2D eigenvalue weighted by Crippen LogP contribution is 2.38. The maximum absolute atomic E-state index is 12.8. The third-order valence-corrected chi connectivity index (χ3v) is 12.8. The summed E-state index contributed by atoms with van der Waals surface area (Å²) in [6, 6.07) is 0. The zero-order valence-electron chi connectivity index (χ0n) is 46.6. The largest absolute Gasteiger partial charge is 0.756 e. The van der Waals surface area contributed by atoms with Crippen molar-refractivity contribution in [2.24, 2.45) is 0 Å². The van der Waals surface area contributed by atoms with Crippen LogP contribution in [0.4, 0.5) is 0 Å². The van der Waals surface area contributed by atoms with E-state index in [4.69, 9.17) is 18.5 Å². The number of hydrogen-bond acceptors (Lipinski definition) is 8. The van der Waals surface area contributed by atoms with Crippen molar-refractivity contribution in [1.29, 1.82) is 0 Å². The van der Waals surface area contributed by atoms with Gasteiger partial charge in [0, 0.05) is 12.8 Å². The second kappa shape index (κ2) is 52.5. The van der Waals surface area contributed by atoms with Crippen LogP contribution in [0.3, 0.4) is 0 Å². The van der Waals surface area contributed by atoms with Crippen LogP contribution in [0.25, 0.3) is 0 Å². The number of carbonyl (C=O) groups is 2. The molecule has 0 rings (SSSR count). The molecule has 2 atom stereocenters. The number of hydrogen-bond donors (Lipinski definition) is 0. The number of nitrogens with zero attached hydrogens (tertiary/aromatic N) is 1. The number of rotatable bonds is 51. The van der Waals surface area contributed by atoms with E-state index in [-0.39, 0.29) is 26.1 Å². The van der Waals surface area contributed by atoms with Gasteiger partial charge in [-0.15, -0.1) is 0 Å². The first-order chi connectivity index (χ1) is 35.0. The Hall–Kier alpha value is -3.33. The van der Waals surface area contributed by atoms with Crippen LogP contribution in [0, 0.1) is 0 Å². The number of allylic oxidation sites excluding steroid dienone is 18. The first-order valence-corrected chi connectivity index (χ1v) is 30.1. The van der Waals surface area contributed by atoms with E-state index in [2.05, 4.69) is 123 Å². The summed E-state index contributed by atoms with van der Waals surface area (Å²) >= 11 is 0. The van der Waals surface area contributed by atoms with Gasteiger partial charge in [-0.2, -0.15) is 0 Å². The minimum Gasteiger partial charge on any atom is -0.756 e. The molecular formula is C62H106NO8P. The average molecular weight is 1020 g/mol. The van der Waals surface area contributed by atoms with Crippen LogP contribution in [0.2, 0.25) is 0 Å². The molecule has 0 aliphatic carbocycles. The molecule has 2 unspecified atom stereocenters. The lowest BCUT2D eigenvalue weighted by molar-refractivity contribution is -0.870. The van der Waals surface area contributed by atoms with Gasteiger partial charge >= 0.3 is 11.9 Å². The van der Waals surface area contributed by atoms with Crippen LogP contribution in [-0.2, 0) is 32.7 Å². The molecule has 0 aliphatic rings. The second-order valence-corrected chi connectivity index (χ2v) is 21.3. The van der Waals surface area contributed by atoms with Gasteiger partial charge in [-0.3, -0.25) is 14.2 Å². The predicted molar refractivity (Wildman–Crippen MR) is 305 cm³/mol. The summed E-state index contributed by atoms with van der Waals surface area (Å²) in [4.78, 5) is 37.9. The number of likely N-dealkylation sites (N-methyl/N-ethyl adjacent to an activating group) is 1. The fraction of sp³-hybridized carbons (Fsp3) is 0.677. The van der Waals surface area contributed by atoms with Crippen LogP contribution in [0.5, 0.6) is 0 Å². The van der Waals surface area contributed by atoms with Gasteiger partial charge in [-0.05, 0) is 96.3 Å².